The predicted molar refractivity (Wildman–Crippen MR) is 231 cm³/mol. The normalized spacial score (nSPS) is 10.1. The fourth-order valence-corrected chi connectivity index (χ4v) is 6.58. The maximum atomic E-state index is 4.62. The number of nitrogens with zero attached hydrogens (tertiary/aromatic N) is 2. The first-order valence-corrected chi connectivity index (χ1v) is 21.2. The molecule has 0 aliphatic heterocycles. The summed E-state index contributed by atoms with van der Waals surface area (Å²) >= 11 is 1.36. The molecule has 6 aromatic carbocycles. The predicted octanol–water partition coefficient (Wildman–Crippen LogP) is 13.6. The zero-order chi connectivity index (χ0) is 33.3. The SMILES string of the molecule is CCCCc1cc2c(-c3cnc4ccccc4c3)cccc2[cH-]1.CCCCc1cc2c(-c3cnc4ccccc4c3)cccc2[cH-]1.Cl.Cl.[CH3-].[CH3-].[Si]=[Zr]. The molecule has 8 rings (SSSR count). The number of fused-ring (bicyclic) bond motifs is 4. The summed E-state index contributed by atoms with van der Waals surface area (Å²) in [5, 5.41) is 7.74. The molecule has 6 heteroatoms. The molecule has 268 valence electrons. The number of aromatic nitrogens is 2. The van der Waals surface area contributed by atoms with Gasteiger partial charge in [-0.25, -0.2) is 0 Å². The van der Waals surface area contributed by atoms with Gasteiger partial charge >= 0.3 is 30.2 Å². The van der Waals surface area contributed by atoms with Crippen molar-refractivity contribution in [3.8, 4) is 22.3 Å². The average molecular weight is 819 g/mol. The molecular weight excluding hydrogens is 771 g/mol. The molecule has 0 atom stereocenters. The Hall–Kier alpha value is -3.40. The van der Waals surface area contributed by atoms with Crippen LogP contribution >= 0.6 is 24.8 Å². The van der Waals surface area contributed by atoms with E-state index in [1.807, 2.05) is 24.5 Å². The van der Waals surface area contributed by atoms with Gasteiger partial charge in [-0.15, -0.1) is 93.9 Å². The van der Waals surface area contributed by atoms with Gasteiger partial charge in [-0.3, -0.25) is 9.97 Å². The molecule has 0 amide bonds. The van der Waals surface area contributed by atoms with E-state index in [1.54, 1.807) is 0 Å². The number of hydrogen-bond donors (Lipinski definition) is 0. The number of unbranched alkanes of at least 4 members (excludes halogenated alkanes) is 2. The molecule has 0 saturated carbocycles. The van der Waals surface area contributed by atoms with Gasteiger partial charge in [-0.05, 0) is 48.2 Å². The van der Waals surface area contributed by atoms with E-state index in [9.17, 15) is 0 Å². The molecule has 0 spiro atoms. The van der Waals surface area contributed by atoms with E-state index < -0.39 is 0 Å². The Morgan fingerprint density at radius 1 is 0.538 bits per heavy atom. The molecule has 0 aliphatic rings. The van der Waals surface area contributed by atoms with Crippen molar-refractivity contribution >= 4 is 75.0 Å². The third-order valence-electron chi connectivity index (χ3n) is 9.06. The van der Waals surface area contributed by atoms with Crippen molar-refractivity contribution < 1.29 is 23.3 Å². The van der Waals surface area contributed by atoms with Crippen LogP contribution in [0.1, 0.15) is 50.7 Å². The van der Waals surface area contributed by atoms with Crippen LogP contribution in [0, 0.1) is 14.9 Å². The average Bonchev–Trinajstić information content (AvgIpc) is 3.77. The van der Waals surface area contributed by atoms with Crippen LogP contribution in [-0.2, 0) is 36.2 Å². The van der Waals surface area contributed by atoms with E-state index in [4.69, 9.17) is 0 Å². The molecule has 0 fully saturated rings. The van der Waals surface area contributed by atoms with Crippen LogP contribution in [0.3, 0.4) is 0 Å². The third kappa shape index (κ3) is 10.4. The molecule has 0 saturated heterocycles. The van der Waals surface area contributed by atoms with Gasteiger partial charge in [0.25, 0.3) is 0 Å². The van der Waals surface area contributed by atoms with Crippen LogP contribution in [0.2, 0.25) is 0 Å². The Labute approximate surface area is 340 Å². The van der Waals surface area contributed by atoms with Gasteiger partial charge in [0.1, 0.15) is 0 Å². The van der Waals surface area contributed by atoms with Crippen molar-refractivity contribution in [2.45, 2.75) is 52.4 Å². The van der Waals surface area contributed by atoms with Crippen LogP contribution in [0.25, 0.3) is 65.6 Å². The van der Waals surface area contributed by atoms with Crippen molar-refractivity contribution in [2.24, 2.45) is 0 Å². The number of halogens is 2. The Morgan fingerprint density at radius 2 is 0.942 bits per heavy atom. The van der Waals surface area contributed by atoms with Gasteiger partial charge in [-0.1, -0.05) is 99.2 Å². The summed E-state index contributed by atoms with van der Waals surface area (Å²) in [6.45, 7) is 7.55. The Balaban J connectivity index is 0.000000320. The van der Waals surface area contributed by atoms with Crippen LogP contribution < -0.4 is 0 Å². The van der Waals surface area contributed by atoms with Crippen molar-refractivity contribution in [3.63, 3.8) is 0 Å². The first-order valence-electron chi connectivity index (χ1n) is 17.0. The molecule has 2 aromatic heterocycles. The zero-order valence-corrected chi connectivity index (χ0v) is 35.7. The molecule has 8 aromatic rings. The van der Waals surface area contributed by atoms with Gasteiger partial charge < -0.3 is 14.9 Å². The standard InChI is InChI=1S/2C22H20N.2CH3.2ClH.Si.Zr/c2*1-2-3-7-16-12-17-9-6-10-20(21(17)13-16)19-14-18-8-4-5-11-22(18)23-15-19;;;;;;/h2*4-6,8-15H,2-3,7H2,1H3;2*1H3;2*1H;;/q4*-1;;;;. The van der Waals surface area contributed by atoms with Gasteiger partial charge in [-0.2, -0.15) is 12.1 Å². The molecule has 52 heavy (non-hydrogen) atoms. The molecule has 0 N–H and O–H groups in total. The number of benzene rings is 4. The van der Waals surface area contributed by atoms with E-state index in [1.165, 1.54) is 128 Å². The van der Waals surface area contributed by atoms with Crippen LogP contribution in [-0.4, -0.2) is 16.8 Å². The summed E-state index contributed by atoms with van der Waals surface area (Å²) in [5.41, 5.74) is 9.95. The molecule has 0 bridgehead atoms. The maximum absolute atomic E-state index is 4.62. The van der Waals surface area contributed by atoms with Gasteiger partial charge in [0, 0.05) is 23.2 Å². The molecule has 0 unspecified atom stereocenters. The van der Waals surface area contributed by atoms with Gasteiger partial charge in [0.2, 0.25) is 0 Å². The van der Waals surface area contributed by atoms with Gasteiger partial charge in [0.05, 0.1) is 11.0 Å². The second-order valence-electron chi connectivity index (χ2n) is 12.4. The number of hydrogen-bond acceptors (Lipinski definition) is 2. The summed E-state index contributed by atoms with van der Waals surface area (Å²) in [6.07, 6.45) is 11.3. The zero-order valence-electron chi connectivity index (χ0n) is 30.7. The van der Waals surface area contributed by atoms with Crippen molar-refractivity contribution in [1.82, 2.24) is 9.97 Å². The minimum absolute atomic E-state index is 0. The van der Waals surface area contributed by atoms with Crippen LogP contribution in [0.5, 0.6) is 0 Å². The topological polar surface area (TPSA) is 25.8 Å². The van der Waals surface area contributed by atoms with E-state index in [-0.39, 0.29) is 39.7 Å². The Kier molecular flexibility index (Phi) is 18.9. The number of pyridine rings is 2. The monoisotopic (exact) mass is 816 g/mol. The number of rotatable bonds is 8. The summed E-state index contributed by atoms with van der Waals surface area (Å²) < 4.78 is 0. The van der Waals surface area contributed by atoms with E-state index in [0.29, 0.717) is 0 Å². The van der Waals surface area contributed by atoms with Crippen LogP contribution in [0.15, 0.2) is 134 Å². The van der Waals surface area contributed by atoms with Crippen LogP contribution in [0.4, 0.5) is 0 Å². The number of para-hydroxylation sites is 2. The molecule has 2 radical (unpaired) electrons. The molecular formula is C46H48Cl2N2SiZr-4. The van der Waals surface area contributed by atoms with Gasteiger partial charge in [0.15, 0.2) is 0 Å². The first-order chi connectivity index (χ1) is 23.7. The number of aryl methyl sites for hydroxylation is 2. The second kappa shape index (κ2) is 22.0. The third-order valence-corrected chi connectivity index (χ3v) is 9.06. The first kappa shape index (κ1) is 44.8. The second-order valence-corrected chi connectivity index (χ2v) is 12.4. The summed E-state index contributed by atoms with van der Waals surface area (Å²) in [4.78, 5) is 9.24. The van der Waals surface area contributed by atoms with Crippen molar-refractivity contribution in [3.05, 3.63) is 160 Å². The summed E-state index contributed by atoms with van der Waals surface area (Å²) in [7, 11) is 0. The van der Waals surface area contributed by atoms with Crippen molar-refractivity contribution in [1.29, 1.82) is 0 Å². The Bertz CT molecular complexity index is 2130. The minimum atomic E-state index is 0. The molecule has 0 aliphatic carbocycles. The van der Waals surface area contributed by atoms with E-state index in [2.05, 4.69) is 140 Å². The van der Waals surface area contributed by atoms with Crippen molar-refractivity contribution in [2.75, 3.05) is 0 Å². The molecule has 2 nitrogen and oxygen atoms in total. The summed E-state index contributed by atoms with van der Waals surface area (Å²) in [5.74, 6) is 0. The quantitative estimate of drug-likeness (QED) is 0.113. The fourth-order valence-electron chi connectivity index (χ4n) is 6.58. The summed E-state index contributed by atoms with van der Waals surface area (Å²) in [6, 6.07) is 43.6. The van der Waals surface area contributed by atoms with E-state index in [0.717, 1.165) is 11.0 Å². The Morgan fingerprint density at radius 3 is 1.35 bits per heavy atom. The van der Waals surface area contributed by atoms with E-state index >= 15 is 0 Å². The molecule has 2 heterocycles. The fraction of sp³-hybridized carbons (Fsp3) is 0.174.